The Hall–Kier alpha value is -3.48. The smallest absolute Gasteiger partial charge is 0.344 e. The first-order valence-corrected chi connectivity index (χ1v) is 11.5. The van der Waals surface area contributed by atoms with Crippen molar-refractivity contribution in [2.45, 2.75) is 26.2 Å². The summed E-state index contributed by atoms with van der Waals surface area (Å²) in [6.07, 6.45) is 0. The Morgan fingerprint density at radius 1 is 0.941 bits per heavy atom. The largest absolute Gasteiger partial charge is 0.422 e. The van der Waals surface area contributed by atoms with Crippen LogP contribution in [-0.4, -0.2) is 11.0 Å². The van der Waals surface area contributed by atoms with Gasteiger partial charge in [0.25, 0.3) is 5.91 Å². The molecule has 0 atom stereocenters. The molecule has 1 aromatic heterocycles. The highest BCUT2D eigenvalue weighted by Crippen LogP contribution is 2.30. The van der Waals surface area contributed by atoms with Gasteiger partial charge in [-0.1, -0.05) is 68.8 Å². The van der Waals surface area contributed by atoms with Crippen LogP contribution in [0.1, 0.15) is 36.7 Å². The number of fused-ring (bicyclic) bond motifs is 1. The Bertz CT molecular complexity index is 1450. The van der Waals surface area contributed by atoms with Gasteiger partial charge in [0.15, 0.2) is 5.11 Å². The van der Waals surface area contributed by atoms with Gasteiger partial charge in [-0.05, 0) is 59.6 Å². The molecule has 0 fully saturated rings. The molecule has 0 radical (unpaired) electrons. The van der Waals surface area contributed by atoms with Crippen molar-refractivity contribution in [2.75, 3.05) is 5.32 Å². The second-order valence-corrected chi connectivity index (χ2v) is 9.73. The molecule has 1 heterocycles. The van der Waals surface area contributed by atoms with E-state index in [1.807, 2.05) is 24.3 Å². The number of rotatable bonds is 3. The predicted molar refractivity (Wildman–Crippen MR) is 142 cm³/mol. The minimum atomic E-state index is -0.471. The third-order valence-electron chi connectivity index (χ3n) is 5.40. The summed E-state index contributed by atoms with van der Waals surface area (Å²) in [5.41, 5.74) is 3.18. The maximum Gasteiger partial charge on any atom is 0.344 e. The Balaban J connectivity index is 1.47. The van der Waals surface area contributed by atoms with Crippen LogP contribution in [0.2, 0.25) is 5.02 Å². The second kappa shape index (κ2) is 9.41. The maximum absolute atomic E-state index is 12.5. The van der Waals surface area contributed by atoms with E-state index in [1.54, 1.807) is 48.5 Å². The monoisotopic (exact) mass is 490 g/mol. The van der Waals surface area contributed by atoms with Crippen molar-refractivity contribution in [3.63, 3.8) is 0 Å². The highest BCUT2D eigenvalue weighted by Gasteiger charge is 2.15. The van der Waals surface area contributed by atoms with Crippen molar-refractivity contribution in [3.8, 4) is 11.1 Å². The lowest BCUT2D eigenvalue weighted by molar-refractivity contribution is 0.0977. The van der Waals surface area contributed by atoms with Gasteiger partial charge in [-0.3, -0.25) is 10.1 Å². The minimum Gasteiger partial charge on any atom is -0.422 e. The molecule has 0 saturated carbocycles. The molecule has 0 spiro atoms. The Morgan fingerprint density at radius 3 is 2.32 bits per heavy atom. The molecular weight excluding hydrogens is 468 g/mol. The number of anilines is 1. The quantitative estimate of drug-likeness (QED) is 0.252. The first-order valence-electron chi connectivity index (χ1n) is 10.7. The number of thiocarbonyl (C=S) groups is 1. The van der Waals surface area contributed by atoms with E-state index in [0.29, 0.717) is 33.0 Å². The number of carbonyl (C=O) groups is 1. The third kappa shape index (κ3) is 5.19. The molecule has 4 rings (SSSR count). The molecule has 5 nitrogen and oxygen atoms in total. The summed E-state index contributed by atoms with van der Waals surface area (Å²) in [5, 5.41) is 6.91. The van der Waals surface area contributed by atoms with E-state index in [9.17, 15) is 9.59 Å². The fourth-order valence-corrected chi connectivity index (χ4v) is 4.01. The van der Waals surface area contributed by atoms with Crippen LogP contribution in [0.5, 0.6) is 0 Å². The fourth-order valence-electron chi connectivity index (χ4n) is 3.52. The van der Waals surface area contributed by atoms with Gasteiger partial charge in [-0.25, -0.2) is 4.79 Å². The van der Waals surface area contributed by atoms with Crippen LogP contribution in [-0.2, 0) is 5.41 Å². The Labute approximate surface area is 207 Å². The molecule has 34 heavy (non-hydrogen) atoms. The van der Waals surface area contributed by atoms with Crippen LogP contribution in [0.25, 0.3) is 22.1 Å². The summed E-state index contributed by atoms with van der Waals surface area (Å²) in [5.74, 6) is -0.311. The molecule has 0 bridgehead atoms. The molecule has 172 valence electrons. The van der Waals surface area contributed by atoms with Gasteiger partial charge in [0.1, 0.15) is 5.58 Å². The summed E-state index contributed by atoms with van der Waals surface area (Å²) in [6.45, 7) is 6.35. The van der Waals surface area contributed by atoms with Crippen LogP contribution < -0.4 is 16.3 Å². The lowest BCUT2D eigenvalue weighted by atomic mass is 9.87. The highest BCUT2D eigenvalue weighted by atomic mass is 35.5. The van der Waals surface area contributed by atoms with E-state index in [1.165, 1.54) is 0 Å². The molecule has 0 aliphatic heterocycles. The lowest BCUT2D eigenvalue weighted by Gasteiger charge is -2.19. The molecule has 0 unspecified atom stereocenters. The molecule has 2 N–H and O–H groups in total. The average molecular weight is 491 g/mol. The average Bonchev–Trinajstić information content (AvgIpc) is 2.78. The molecule has 0 aliphatic carbocycles. The number of hydrogen-bond acceptors (Lipinski definition) is 4. The molecule has 0 saturated heterocycles. The van der Waals surface area contributed by atoms with Crippen molar-refractivity contribution in [1.29, 1.82) is 0 Å². The summed E-state index contributed by atoms with van der Waals surface area (Å²) in [6, 6.07) is 21.5. The van der Waals surface area contributed by atoms with Gasteiger partial charge in [-0.15, -0.1) is 0 Å². The summed E-state index contributed by atoms with van der Waals surface area (Å²) in [4.78, 5) is 25.0. The molecule has 0 aliphatic rings. The van der Waals surface area contributed by atoms with Crippen molar-refractivity contribution in [2.24, 2.45) is 0 Å². The molecule has 7 heteroatoms. The summed E-state index contributed by atoms with van der Waals surface area (Å²) >= 11 is 11.8. The standard InChI is InChI=1S/C27H23ClN2O3S/c1-27(2,3)18-10-8-16(9-11-18)24(31)30-26(34)29-19-12-13-20(22(28)15-19)21-14-17-6-4-5-7-23(17)33-25(21)32/h4-15H,1-3H3,(H2,29,30,31,34). The first kappa shape index (κ1) is 23.7. The van der Waals surface area contributed by atoms with Crippen molar-refractivity contribution in [3.05, 3.63) is 99.4 Å². The number of para-hydroxylation sites is 1. The lowest BCUT2D eigenvalue weighted by Crippen LogP contribution is -2.34. The van der Waals surface area contributed by atoms with Gasteiger partial charge >= 0.3 is 5.63 Å². The fraction of sp³-hybridized carbons (Fsp3) is 0.148. The Kier molecular flexibility index (Phi) is 6.55. The topological polar surface area (TPSA) is 71.3 Å². The van der Waals surface area contributed by atoms with Gasteiger partial charge < -0.3 is 9.73 Å². The number of benzene rings is 3. The van der Waals surface area contributed by atoms with Gasteiger partial charge in [0.2, 0.25) is 0 Å². The van der Waals surface area contributed by atoms with E-state index in [2.05, 4.69) is 31.4 Å². The third-order valence-corrected chi connectivity index (χ3v) is 5.92. The van der Waals surface area contributed by atoms with Gasteiger partial charge in [0.05, 0.1) is 10.6 Å². The Morgan fingerprint density at radius 2 is 1.65 bits per heavy atom. The zero-order chi connectivity index (χ0) is 24.5. The second-order valence-electron chi connectivity index (χ2n) is 8.92. The van der Waals surface area contributed by atoms with Crippen LogP contribution in [0, 0.1) is 0 Å². The predicted octanol–water partition coefficient (Wildman–Crippen LogP) is 6.54. The molecule has 4 aromatic rings. The van der Waals surface area contributed by atoms with Crippen LogP contribution in [0.4, 0.5) is 5.69 Å². The molecule has 1 amide bonds. The zero-order valence-electron chi connectivity index (χ0n) is 18.9. The van der Waals surface area contributed by atoms with E-state index in [0.717, 1.165) is 10.9 Å². The van der Waals surface area contributed by atoms with E-state index in [-0.39, 0.29) is 16.4 Å². The normalized spacial score (nSPS) is 11.3. The van der Waals surface area contributed by atoms with Crippen molar-refractivity contribution in [1.82, 2.24) is 5.32 Å². The van der Waals surface area contributed by atoms with Crippen LogP contribution in [0.3, 0.4) is 0 Å². The number of nitrogens with one attached hydrogen (secondary N) is 2. The maximum atomic E-state index is 12.5. The van der Waals surface area contributed by atoms with Gasteiger partial charge in [0, 0.05) is 22.2 Å². The van der Waals surface area contributed by atoms with Gasteiger partial charge in [-0.2, -0.15) is 0 Å². The van der Waals surface area contributed by atoms with E-state index >= 15 is 0 Å². The number of amides is 1. The number of carbonyl (C=O) groups excluding carboxylic acids is 1. The highest BCUT2D eigenvalue weighted by molar-refractivity contribution is 7.80. The van der Waals surface area contributed by atoms with E-state index in [4.69, 9.17) is 28.2 Å². The zero-order valence-corrected chi connectivity index (χ0v) is 20.5. The van der Waals surface area contributed by atoms with Crippen LogP contribution in [0.15, 0.2) is 82.0 Å². The summed E-state index contributed by atoms with van der Waals surface area (Å²) < 4.78 is 5.41. The van der Waals surface area contributed by atoms with Crippen molar-refractivity contribution < 1.29 is 9.21 Å². The summed E-state index contributed by atoms with van der Waals surface area (Å²) in [7, 11) is 0. The van der Waals surface area contributed by atoms with E-state index < -0.39 is 5.63 Å². The molecule has 3 aromatic carbocycles. The number of halogens is 1. The van der Waals surface area contributed by atoms with Crippen molar-refractivity contribution >= 4 is 51.5 Å². The SMILES string of the molecule is CC(C)(C)c1ccc(C(=O)NC(=S)Nc2ccc(-c3cc4ccccc4oc3=O)c(Cl)c2)cc1. The first-order chi connectivity index (χ1) is 16.1. The minimum absolute atomic E-state index is 0.00505. The van der Waals surface area contributed by atoms with Crippen LogP contribution >= 0.6 is 23.8 Å². The number of hydrogen-bond donors (Lipinski definition) is 2. The molecular formula is C27H23ClN2O3S.